The number of nitrogens with one attached hydrogen (secondary N) is 2. The molecule has 0 spiro atoms. The van der Waals surface area contributed by atoms with E-state index in [1.54, 1.807) is 6.20 Å². The van der Waals surface area contributed by atoms with E-state index in [4.69, 9.17) is 0 Å². The molecule has 0 saturated heterocycles. The highest BCUT2D eigenvalue weighted by Crippen LogP contribution is 2.01. The van der Waals surface area contributed by atoms with Crippen LogP contribution in [0.3, 0.4) is 0 Å². The minimum Gasteiger partial charge on any atom is -0.351 e. The first kappa shape index (κ1) is 11.9. The van der Waals surface area contributed by atoms with Crippen molar-refractivity contribution in [1.82, 2.24) is 19.9 Å². The summed E-state index contributed by atoms with van der Waals surface area (Å²) in [7, 11) is 0. The van der Waals surface area contributed by atoms with Crippen molar-refractivity contribution in [2.45, 2.75) is 32.9 Å². The Morgan fingerprint density at radius 3 is 3.18 bits per heavy atom. The van der Waals surface area contributed by atoms with Gasteiger partial charge in [-0.1, -0.05) is 0 Å². The van der Waals surface area contributed by atoms with Crippen LogP contribution in [0.15, 0.2) is 30.7 Å². The summed E-state index contributed by atoms with van der Waals surface area (Å²) in [5.74, 6) is 1.07. The topological polar surface area (TPSA) is 45.6 Å². The molecule has 2 N–H and O–H groups in total. The van der Waals surface area contributed by atoms with Crippen LogP contribution in [-0.2, 0) is 19.5 Å². The van der Waals surface area contributed by atoms with Gasteiger partial charge >= 0.3 is 0 Å². The Morgan fingerprint density at radius 2 is 2.41 bits per heavy atom. The molecule has 2 aromatic heterocycles. The quantitative estimate of drug-likeness (QED) is 0.717. The van der Waals surface area contributed by atoms with Gasteiger partial charge in [-0.2, -0.15) is 0 Å². The third-order valence-corrected chi connectivity index (χ3v) is 2.89. The summed E-state index contributed by atoms with van der Waals surface area (Å²) >= 11 is 0. The first-order valence-corrected chi connectivity index (χ1v) is 6.23. The van der Waals surface area contributed by atoms with Crippen LogP contribution >= 0.6 is 0 Å². The van der Waals surface area contributed by atoms with E-state index in [0.29, 0.717) is 0 Å². The van der Waals surface area contributed by atoms with Crippen molar-refractivity contribution in [2.24, 2.45) is 0 Å². The summed E-state index contributed by atoms with van der Waals surface area (Å²) in [5, 5.41) is 3.46. The molecule has 0 radical (unpaired) electrons. The van der Waals surface area contributed by atoms with E-state index in [-0.39, 0.29) is 0 Å². The third-order valence-electron chi connectivity index (χ3n) is 2.89. The van der Waals surface area contributed by atoms with Crippen LogP contribution in [0.4, 0.5) is 0 Å². The summed E-state index contributed by atoms with van der Waals surface area (Å²) in [4.78, 5) is 7.32. The summed E-state index contributed by atoms with van der Waals surface area (Å²) < 4.78 is 2.26. The normalized spacial score (nSPS) is 10.9. The molecule has 4 nitrogen and oxygen atoms in total. The number of imidazole rings is 1. The van der Waals surface area contributed by atoms with E-state index in [1.807, 2.05) is 6.20 Å². The molecule has 0 aromatic carbocycles. The van der Waals surface area contributed by atoms with Crippen molar-refractivity contribution >= 4 is 0 Å². The zero-order valence-electron chi connectivity index (χ0n) is 10.3. The Morgan fingerprint density at radius 1 is 1.47 bits per heavy atom. The highest BCUT2D eigenvalue weighted by atomic mass is 15.0. The van der Waals surface area contributed by atoms with E-state index in [2.05, 4.69) is 45.1 Å². The van der Waals surface area contributed by atoms with Gasteiger partial charge in [0.2, 0.25) is 0 Å². The summed E-state index contributed by atoms with van der Waals surface area (Å²) in [5.41, 5.74) is 1.35. The molecule has 2 heterocycles. The van der Waals surface area contributed by atoms with Crippen molar-refractivity contribution in [3.05, 3.63) is 42.2 Å². The summed E-state index contributed by atoms with van der Waals surface area (Å²) in [6.45, 7) is 5.17. The Labute approximate surface area is 102 Å². The lowest BCUT2D eigenvalue weighted by Gasteiger charge is -2.07. The number of aromatic nitrogens is 3. The number of nitrogens with zero attached hydrogens (tertiary/aromatic N) is 2. The number of aryl methyl sites for hydroxylation is 2. The third kappa shape index (κ3) is 3.46. The predicted octanol–water partition coefficient (Wildman–Crippen LogP) is 1.95. The minimum absolute atomic E-state index is 0.943. The monoisotopic (exact) mass is 232 g/mol. The smallest absolute Gasteiger partial charge is 0.106 e. The predicted molar refractivity (Wildman–Crippen MR) is 68.7 cm³/mol. The van der Waals surface area contributed by atoms with Gasteiger partial charge in [-0.15, -0.1) is 0 Å². The second-order valence-corrected chi connectivity index (χ2v) is 4.10. The molecule has 0 bridgehead atoms. The lowest BCUT2D eigenvalue weighted by molar-refractivity contribution is 0.604. The van der Waals surface area contributed by atoms with Gasteiger partial charge in [0.25, 0.3) is 0 Å². The Hall–Kier alpha value is -1.55. The van der Waals surface area contributed by atoms with Gasteiger partial charge in [0, 0.05) is 43.8 Å². The molecule has 2 rings (SSSR count). The average molecular weight is 232 g/mol. The molecule has 4 heteroatoms. The molecule has 0 aliphatic carbocycles. The molecule has 2 aromatic rings. The van der Waals surface area contributed by atoms with Gasteiger partial charge in [-0.3, -0.25) is 0 Å². The number of hydrogen-bond donors (Lipinski definition) is 2. The first-order chi connectivity index (χ1) is 8.40. The fourth-order valence-electron chi connectivity index (χ4n) is 1.95. The highest BCUT2D eigenvalue weighted by Gasteiger charge is 1.98. The van der Waals surface area contributed by atoms with E-state index in [9.17, 15) is 0 Å². The van der Waals surface area contributed by atoms with Gasteiger partial charge < -0.3 is 14.9 Å². The van der Waals surface area contributed by atoms with Gasteiger partial charge in [0.05, 0.1) is 0 Å². The molecule has 0 fully saturated rings. The second-order valence-electron chi connectivity index (χ2n) is 4.10. The molecular weight excluding hydrogens is 212 g/mol. The van der Waals surface area contributed by atoms with Crippen LogP contribution in [0.1, 0.15) is 24.9 Å². The van der Waals surface area contributed by atoms with Gasteiger partial charge in [0.1, 0.15) is 5.82 Å². The molecular formula is C13H20N4. The molecule has 0 unspecified atom stereocenters. The molecule has 0 atom stereocenters. The average Bonchev–Trinajstić information content (AvgIpc) is 2.98. The fraction of sp³-hybridized carbons (Fsp3) is 0.462. The maximum absolute atomic E-state index is 4.20. The van der Waals surface area contributed by atoms with E-state index >= 15 is 0 Å². The number of rotatable bonds is 7. The molecule has 0 aliphatic rings. The van der Waals surface area contributed by atoms with Gasteiger partial charge in [0.15, 0.2) is 0 Å². The zero-order valence-corrected chi connectivity index (χ0v) is 10.3. The highest BCUT2D eigenvalue weighted by molar-refractivity contribution is 5.06. The minimum atomic E-state index is 0.943. The Bertz CT molecular complexity index is 416. The first-order valence-electron chi connectivity index (χ1n) is 6.23. The van der Waals surface area contributed by atoms with Crippen LogP contribution in [-0.4, -0.2) is 21.1 Å². The maximum Gasteiger partial charge on any atom is 0.106 e. The van der Waals surface area contributed by atoms with Gasteiger partial charge in [-0.05, 0) is 32.0 Å². The molecule has 0 aliphatic heterocycles. The summed E-state index contributed by atoms with van der Waals surface area (Å²) in [6.07, 6.45) is 7.92. The van der Waals surface area contributed by atoms with Crippen molar-refractivity contribution in [3.63, 3.8) is 0 Å². The summed E-state index contributed by atoms with van der Waals surface area (Å²) in [6, 6.07) is 4.27. The van der Waals surface area contributed by atoms with Gasteiger partial charge in [-0.25, -0.2) is 4.98 Å². The van der Waals surface area contributed by atoms with Crippen LogP contribution < -0.4 is 5.32 Å². The van der Waals surface area contributed by atoms with E-state index < -0.39 is 0 Å². The molecule has 0 saturated carbocycles. The van der Waals surface area contributed by atoms with E-state index in [0.717, 1.165) is 38.3 Å². The van der Waals surface area contributed by atoms with Crippen LogP contribution in [0.5, 0.6) is 0 Å². The van der Waals surface area contributed by atoms with Crippen LogP contribution in [0, 0.1) is 0 Å². The molecule has 17 heavy (non-hydrogen) atoms. The second kappa shape index (κ2) is 6.25. The standard InChI is InChI=1S/C13H20N4/c1-2-17-10-4-5-12(17)11-14-7-3-6-13-15-8-9-16-13/h4-5,8-10,14H,2-3,6-7,11H2,1H3,(H,15,16). The van der Waals surface area contributed by atoms with Crippen molar-refractivity contribution in [2.75, 3.05) is 6.54 Å². The number of aromatic amines is 1. The van der Waals surface area contributed by atoms with E-state index in [1.165, 1.54) is 5.69 Å². The van der Waals surface area contributed by atoms with Crippen molar-refractivity contribution in [3.8, 4) is 0 Å². The zero-order chi connectivity index (χ0) is 11.9. The SMILES string of the molecule is CCn1cccc1CNCCCc1ncc[nH]1. The van der Waals surface area contributed by atoms with Crippen LogP contribution in [0.2, 0.25) is 0 Å². The Balaban J connectivity index is 1.63. The maximum atomic E-state index is 4.20. The lowest BCUT2D eigenvalue weighted by atomic mass is 10.3. The van der Waals surface area contributed by atoms with Crippen molar-refractivity contribution in [1.29, 1.82) is 0 Å². The fourth-order valence-corrected chi connectivity index (χ4v) is 1.95. The molecule has 0 amide bonds. The van der Waals surface area contributed by atoms with Crippen LogP contribution in [0.25, 0.3) is 0 Å². The Kier molecular flexibility index (Phi) is 4.38. The lowest BCUT2D eigenvalue weighted by Crippen LogP contribution is -2.17. The molecule has 92 valence electrons. The van der Waals surface area contributed by atoms with Crippen molar-refractivity contribution < 1.29 is 0 Å². The number of hydrogen-bond acceptors (Lipinski definition) is 2. The number of H-pyrrole nitrogens is 1. The largest absolute Gasteiger partial charge is 0.351 e.